The molecule has 1 aromatic carbocycles. The van der Waals surface area contributed by atoms with Crippen LogP contribution in [0.15, 0.2) is 47.0 Å². The van der Waals surface area contributed by atoms with Gasteiger partial charge < -0.3 is 14.7 Å². The summed E-state index contributed by atoms with van der Waals surface area (Å²) in [4.78, 5) is 25.9. The molecule has 1 fully saturated rings. The number of carbonyl (C=O) groups is 1. The first-order valence-electron chi connectivity index (χ1n) is 9.68. The Kier molecular flexibility index (Phi) is 5.53. The van der Waals surface area contributed by atoms with Gasteiger partial charge in [-0.2, -0.15) is 0 Å². The zero-order valence-corrected chi connectivity index (χ0v) is 16.6. The third-order valence-electron chi connectivity index (χ3n) is 4.85. The van der Waals surface area contributed by atoms with E-state index in [1.54, 1.807) is 19.1 Å². The Bertz CT molecular complexity index is 980. The van der Waals surface area contributed by atoms with Crippen LogP contribution in [-0.4, -0.2) is 57.0 Å². The normalized spacial score (nSPS) is 14.8. The number of carbonyl (C=O) groups excluding carboxylic acids is 1. The highest BCUT2D eigenvalue weighted by Gasteiger charge is 2.24. The molecule has 1 aliphatic heterocycles. The fourth-order valence-corrected chi connectivity index (χ4v) is 3.41. The van der Waals surface area contributed by atoms with Gasteiger partial charge in [0.05, 0.1) is 0 Å². The summed E-state index contributed by atoms with van der Waals surface area (Å²) in [5.41, 5.74) is 1.68. The van der Waals surface area contributed by atoms with Crippen LogP contribution in [0.5, 0.6) is 0 Å². The Hall–Kier alpha value is -3.26. The molecule has 0 spiro atoms. The summed E-state index contributed by atoms with van der Waals surface area (Å²) < 4.78 is 5.06. The van der Waals surface area contributed by atoms with Crippen molar-refractivity contribution in [2.75, 3.05) is 31.5 Å². The van der Waals surface area contributed by atoms with Crippen LogP contribution >= 0.6 is 0 Å². The molecule has 3 heterocycles. The van der Waals surface area contributed by atoms with Crippen LogP contribution < -0.4 is 5.32 Å². The standard InChI is InChI=1S/C21H24N6O2/c1-15-12-20(25-29-15)24-19-13-18(22-16(2)23-19)21(28)27-10-8-26(9-11-27)14-17-6-4-3-5-7-17/h3-7,12-13H,8-11,14H2,1-2H3,(H,22,23,24,25). The molecule has 29 heavy (non-hydrogen) atoms. The number of piperazine rings is 1. The topological polar surface area (TPSA) is 87.4 Å². The van der Waals surface area contributed by atoms with Crippen LogP contribution in [0.2, 0.25) is 0 Å². The van der Waals surface area contributed by atoms with Gasteiger partial charge in [-0.1, -0.05) is 35.5 Å². The van der Waals surface area contributed by atoms with Crippen LogP contribution in [-0.2, 0) is 6.54 Å². The Labute approximate surface area is 169 Å². The van der Waals surface area contributed by atoms with E-state index < -0.39 is 0 Å². The molecular weight excluding hydrogens is 368 g/mol. The number of amides is 1. The van der Waals surface area contributed by atoms with E-state index in [9.17, 15) is 4.79 Å². The van der Waals surface area contributed by atoms with E-state index in [4.69, 9.17) is 4.52 Å². The molecule has 8 nitrogen and oxygen atoms in total. The summed E-state index contributed by atoms with van der Waals surface area (Å²) in [5.74, 6) is 2.23. The van der Waals surface area contributed by atoms with Crippen molar-refractivity contribution in [3.8, 4) is 0 Å². The van der Waals surface area contributed by atoms with E-state index in [1.807, 2.05) is 17.9 Å². The fraction of sp³-hybridized carbons (Fsp3) is 0.333. The van der Waals surface area contributed by atoms with Crippen LogP contribution in [0.3, 0.4) is 0 Å². The van der Waals surface area contributed by atoms with Crippen LogP contribution in [0.1, 0.15) is 27.6 Å². The third-order valence-corrected chi connectivity index (χ3v) is 4.85. The molecule has 1 aliphatic rings. The van der Waals surface area contributed by atoms with E-state index in [2.05, 4.69) is 49.6 Å². The SMILES string of the molecule is Cc1nc(Nc2cc(C)on2)cc(C(=O)N2CCN(Cc3ccccc3)CC2)n1. The van der Waals surface area contributed by atoms with E-state index in [-0.39, 0.29) is 5.91 Å². The van der Waals surface area contributed by atoms with E-state index in [1.165, 1.54) is 5.56 Å². The van der Waals surface area contributed by atoms with Crippen LogP contribution in [0.4, 0.5) is 11.6 Å². The molecule has 4 rings (SSSR count). The lowest BCUT2D eigenvalue weighted by molar-refractivity contribution is 0.0622. The number of rotatable bonds is 5. The minimum atomic E-state index is -0.0748. The second-order valence-electron chi connectivity index (χ2n) is 7.19. The van der Waals surface area contributed by atoms with Crippen LogP contribution in [0, 0.1) is 13.8 Å². The monoisotopic (exact) mass is 392 g/mol. The summed E-state index contributed by atoms with van der Waals surface area (Å²) in [6.45, 7) is 7.53. The van der Waals surface area contributed by atoms with Gasteiger partial charge in [0.1, 0.15) is 23.1 Å². The molecule has 8 heteroatoms. The van der Waals surface area contributed by atoms with Crippen molar-refractivity contribution in [1.82, 2.24) is 24.9 Å². The lowest BCUT2D eigenvalue weighted by Crippen LogP contribution is -2.48. The molecule has 2 aromatic heterocycles. The van der Waals surface area contributed by atoms with E-state index in [0.29, 0.717) is 42.0 Å². The summed E-state index contributed by atoms with van der Waals surface area (Å²) in [6, 6.07) is 13.8. The number of aryl methyl sites for hydroxylation is 2. The average molecular weight is 392 g/mol. The lowest BCUT2D eigenvalue weighted by atomic mass is 10.2. The molecule has 1 amide bonds. The fourth-order valence-electron chi connectivity index (χ4n) is 3.41. The van der Waals surface area contributed by atoms with Gasteiger partial charge in [0.25, 0.3) is 5.91 Å². The molecular formula is C21H24N6O2. The molecule has 3 aromatic rings. The molecule has 1 saturated heterocycles. The average Bonchev–Trinajstić information content (AvgIpc) is 3.13. The summed E-state index contributed by atoms with van der Waals surface area (Å²) in [5, 5.41) is 6.96. The van der Waals surface area contributed by atoms with Crippen molar-refractivity contribution in [2.45, 2.75) is 20.4 Å². The Morgan fingerprint density at radius 2 is 1.79 bits per heavy atom. The second kappa shape index (κ2) is 8.40. The third kappa shape index (κ3) is 4.78. The van der Waals surface area contributed by atoms with Crippen molar-refractivity contribution < 1.29 is 9.32 Å². The smallest absolute Gasteiger partial charge is 0.272 e. The number of hydrogen-bond acceptors (Lipinski definition) is 7. The molecule has 0 unspecified atom stereocenters. The summed E-state index contributed by atoms with van der Waals surface area (Å²) >= 11 is 0. The van der Waals surface area contributed by atoms with Gasteiger partial charge in [0, 0.05) is 44.9 Å². The predicted molar refractivity (Wildman–Crippen MR) is 109 cm³/mol. The molecule has 0 radical (unpaired) electrons. The molecule has 0 saturated carbocycles. The molecule has 150 valence electrons. The molecule has 0 bridgehead atoms. The number of aromatic nitrogens is 3. The second-order valence-corrected chi connectivity index (χ2v) is 7.19. The first kappa shape index (κ1) is 19.1. The zero-order chi connectivity index (χ0) is 20.2. The zero-order valence-electron chi connectivity index (χ0n) is 16.6. The molecule has 0 atom stereocenters. The highest BCUT2D eigenvalue weighted by atomic mass is 16.5. The molecule has 1 N–H and O–H groups in total. The van der Waals surface area contributed by atoms with Crippen molar-refractivity contribution in [3.05, 3.63) is 65.3 Å². The van der Waals surface area contributed by atoms with Crippen LogP contribution in [0.25, 0.3) is 0 Å². The van der Waals surface area contributed by atoms with E-state index in [0.717, 1.165) is 19.6 Å². The van der Waals surface area contributed by atoms with Crippen molar-refractivity contribution in [3.63, 3.8) is 0 Å². The minimum Gasteiger partial charge on any atom is -0.360 e. The highest BCUT2D eigenvalue weighted by molar-refractivity contribution is 5.93. The number of nitrogens with one attached hydrogen (secondary N) is 1. The Morgan fingerprint density at radius 1 is 1.03 bits per heavy atom. The van der Waals surface area contributed by atoms with Gasteiger partial charge in [-0.3, -0.25) is 9.69 Å². The van der Waals surface area contributed by atoms with Crippen molar-refractivity contribution in [2.24, 2.45) is 0 Å². The predicted octanol–water partition coefficient (Wildman–Crippen LogP) is 2.78. The van der Waals surface area contributed by atoms with Gasteiger partial charge >= 0.3 is 0 Å². The Morgan fingerprint density at radius 3 is 2.48 bits per heavy atom. The maximum Gasteiger partial charge on any atom is 0.272 e. The largest absolute Gasteiger partial charge is 0.360 e. The van der Waals surface area contributed by atoms with Crippen molar-refractivity contribution >= 4 is 17.5 Å². The highest BCUT2D eigenvalue weighted by Crippen LogP contribution is 2.17. The molecule has 0 aliphatic carbocycles. The number of benzene rings is 1. The van der Waals surface area contributed by atoms with Gasteiger partial charge in [-0.05, 0) is 19.4 Å². The van der Waals surface area contributed by atoms with Gasteiger partial charge in [-0.25, -0.2) is 9.97 Å². The quantitative estimate of drug-likeness (QED) is 0.714. The Balaban J connectivity index is 1.39. The summed E-state index contributed by atoms with van der Waals surface area (Å²) in [7, 11) is 0. The number of hydrogen-bond donors (Lipinski definition) is 1. The van der Waals surface area contributed by atoms with Gasteiger partial charge in [-0.15, -0.1) is 0 Å². The van der Waals surface area contributed by atoms with Crippen molar-refractivity contribution in [1.29, 1.82) is 0 Å². The first-order valence-corrected chi connectivity index (χ1v) is 9.68. The first-order chi connectivity index (χ1) is 14.1. The minimum absolute atomic E-state index is 0.0748. The lowest BCUT2D eigenvalue weighted by Gasteiger charge is -2.34. The summed E-state index contributed by atoms with van der Waals surface area (Å²) in [6.07, 6.45) is 0. The van der Waals surface area contributed by atoms with Gasteiger partial charge in [0.2, 0.25) is 0 Å². The maximum absolute atomic E-state index is 13.0. The number of nitrogens with zero attached hydrogens (tertiary/aromatic N) is 5. The van der Waals surface area contributed by atoms with Gasteiger partial charge in [0.15, 0.2) is 5.82 Å². The maximum atomic E-state index is 13.0. The van der Waals surface area contributed by atoms with E-state index >= 15 is 0 Å². The number of anilines is 2.